The Morgan fingerprint density at radius 3 is 2.45 bits per heavy atom. The van der Waals surface area contributed by atoms with Gasteiger partial charge in [-0.2, -0.15) is 0 Å². The molecule has 0 aliphatic carbocycles. The number of ether oxygens (including phenoxy) is 2. The molecule has 0 saturated carbocycles. The average Bonchev–Trinajstić information content (AvgIpc) is 3.26. The van der Waals surface area contributed by atoms with Crippen LogP contribution in [0.4, 0.5) is 0 Å². The van der Waals surface area contributed by atoms with E-state index >= 15 is 0 Å². The maximum atomic E-state index is 11.1. The number of benzene rings is 2. The normalized spacial score (nSPS) is 13.0. The van der Waals surface area contributed by atoms with Gasteiger partial charge >= 0.3 is 0 Å². The molecule has 8 nitrogen and oxygen atoms in total. The second-order valence-electron chi connectivity index (χ2n) is 6.37. The summed E-state index contributed by atoms with van der Waals surface area (Å²) in [7, 11) is 0. The molecule has 0 aliphatic rings. The van der Waals surface area contributed by atoms with E-state index in [0.717, 1.165) is 5.56 Å². The molecule has 164 valence electrons. The highest BCUT2D eigenvalue weighted by molar-refractivity contribution is 6.35. The van der Waals surface area contributed by atoms with E-state index < -0.39 is 17.4 Å². The highest BCUT2D eigenvalue weighted by Gasteiger charge is 2.31. The molecule has 0 saturated heterocycles. The van der Waals surface area contributed by atoms with E-state index in [-0.39, 0.29) is 18.2 Å². The summed E-state index contributed by atoms with van der Waals surface area (Å²) >= 11 is 18.2. The predicted molar refractivity (Wildman–Crippen MR) is 116 cm³/mol. The molecule has 0 N–H and O–H groups in total. The van der Waals surface area contributed by atoms with Crippen molar-refractivity contribution in [1.82, 2.24) is 9.55 Å². The Morgan fingerprint density at radius 2 is 1.81 bits per heavy atom. The summed E-state index contributed by atoms with van der Waals surface area (Å²) in [6, 6.07) is 12.1. The summed E-state index contributed by atoms with van der Waals surface area (Å²) in [6.07, 6.45) is 2.32. The van der Waals surface area contributed by atoms with E-state index in [1.165, 1.54) is 29.4 Å². The van der Waals surface area contributed by atoms with Crippen LogP contribution in [0, 0.1) is 10.1 Å². The summed E-state index contributed by atoms with van der Waals surface area (Å²) in [5.74, 6) is 0. The molecule has 2 aromatic carbocycles. The quantitative estimate of drug-likeness (QED) is 0.201. The van der Waals surface area contributed by atoms with Crippen LogP contribution in [-0.4, -0.2) is 27.9 Å². The second-order valence-corrected chi connectivity index (χ2v) is 7.65. The van der Waals surface area contributed by atoms with Crippen LogP contribution in [0.3, 0.4) is 0 Å². The fourth-order valence-corrected chi connectivity index (χ4v) is 3.48. The lowest BCUT2D eigenvalue weighted by Crippen LogP contribution is -2.26. The van der Waals surface area contributed by atoms with Gasteiger partial charge in [-0.25, -0.2) is 4.98 Å². The van der Waals surface area contributed by atoms with E-state index in [1.807, 2.05) is 12.1 Å². The zero-order valence-electron chi connectivity index (χ0n) is 16.1. The number of rotatable bonds is 11. The lowest BCUT2D eigenvalue weighted by Gasteiger charge is -2.27. The predicted octanol–water partition coefficient (Wildman–Crippen LogP) is 5.52. The van der Waals surface area contributed by atoms with Crippen molar-refractivity contribution in [1.29, 1.82) is 0 Å². The van der Waals surface area contributed by atoms with Gasteiger partial charge in [0.25, 0.3) is 5.09 Å². The highest BCUT2D eigenvalue weighted by Crippen LogP contribution is 2.36. The molecule has 11 heteroatoms. The van der Waals surface area contributed by atoms with Crippen LogP contribution >= 0.6 is 34.8 Å². The molecule has 0 fully saturated rings. The van der Waals surface area contributed by atoms with E-state index in [9.17, 15) is 10.1 Å². The molecule has 2 unspecified atom stereocenters. The smallest absolute Gasteiger partial charge is 0.296 e. The molecule has 1 heterocycles. The first-order chi connectivity index (χ1) is 14.9. The Kier molecular flexibility index (Phi) is 8.51. The zero-order chi connectivity index (χ0) is 22.2. The maximum Gasteiger partial charge on any atom is 0.296 e. The number of hydrogen-bond donors (Lipinski definition) is 0. The highest BCUT2D eigenvalue weighted by atomic mass is 35.5. The molecule has 3 rings (SSSR count). The van der Waals surface area contributed by atoms with Crippen molar-refractivity contribution < 1.29 is 19.4 Å². The van der Waals surface area contributed by atoms with Crippen LogP contribution in [0.1, 0.15) is 23.5 Å². The van der Waals surface area contributed by atoms with E-state index in [4.69, 9.17) is 49.1 Å². The number of imidazole rings is 1. The minimum absolute atomic E-state index is 0.128. The molecule has 0 spiro atoms. The first kappa shape index (κ1) is 23.3. The minimum atomic E-state index is -1.16. The van der Waals surface area contributed by atoms with Crippen LogP contribution in [0.15, 0.2) is 61.2 Å². The van der Waals surface area contributed by atoms with E-state index in [2.05, 4.69) is 4.98 Å². The van der Waals surface area contributed by atoms with Gasteiger partial charge in [-0.1, -0.05) is 53.0 Å². The molecule has 31 heavy (non-hydrogen) atoms. The Hall–Kier alpha value is -2.36. The van der Waals surface area contributed by atoms with Crippen LogP contribution in [0.5, 0.6) is 0 Å². The number of nitrogens with zero attached hydrogens (tertiary/aromatic N) is 3. The van der Waals surface area contributed by atoms with Gasteiger partial charge in [-0.05, 0) is 29.8 Å². The second kappa shape index (κ2) is 11.3. The zero-order valence-corrected chi connectivity index (χ0v) is 18.3. The van der Waals surface area contributed by atoms with Crippen LogP contribution in [-0.2, 0) is 20.9 Å². The third-order valence-corrected chi connectivity index (χ3v) is 5.06. The first-order valence-corrected chi connectivity index (χ1v) is 10.2. The molecule has 0 amide bonds. The van der Waals surface area contributed by atoms with Crippen molar-refractivity contribution in [2.24, 2.45) is 0 Å². The van der Waals surface area contributed by atoms with Gasteiger partial charge in [0.05, 0.1) is 26.1 Å². The van der Waals surface area contributed by atoms with Gasteiger partial charge in [-0.3, -0.25) is 4.84 Å². The fourth-order valence-electron chi connectivity index (χ4n) is 2.84. The van der Waals surface area contributed by atoms with Crippen molar-refractivity contribution >= 4 is 34.8 Å². The Bertz CT molecular complexity index is 986. The van der Waals surface area contributed by atoms with Crippen molar-refractivity contribution in [3.63, 3.8) is 0 Å². The maximum absolute atomic E-state index is 11.1. The Labute approximate surface area is 193 Å². The number of hydrogen-bond acceptors (Lipinski definition) is 6. The van der Waals surface area contributed by atoms with Crippen LogP contribution < -0.4 is 0 Å². The SMILES string of the molecule is O=[N+]([O-])OC(C(OCCOCc1ccc(Cl)cc1)c1ccc(Cl)cc1Cl)n1ccnc1. The lowest BCUT2D eigenvalue weighted by molar-refractivity contribution is -0.778. The molecular weight excluding hydrogens is 469 g/mol. The topological polar surface area (TPSA) is 88.7 Å². The summed E-state index contributed by atoms with van der Waals surface area (Å²) in [5, 5.41) is 11.6. The monoisotopic (exact) mass is 485 g/mol. The van der Waals surface area contributed by atoms with Crippen molar-refractivity contribution in [3.05, 3.63) is 97.5 Å². The summed E-state index contributed by atoms with van der Waals surface area (Å²) in [5.41, 5.74) is 1.43. The molecule has 0 aliphatic heterocycles. The average molecular weight is 487 g/mol. The summed E-state index contributed by atoms with van der Waals surface area (Å²) in [6.45, 7) is 0.728. The van der Waals surface area contributed by atoms with E-state index in [1.54, 1.807) is 24.3 Å². The fraction of sp³-hybridized carbons (Fsp3) is 0.250. The van der Waals surface area contributed by atoms with Gasteiger partial charge < -0.3 is 14.0 Å². The molecule has 3 aromatic rings. The largest absolute Gasteiger partial charge is 0.374 e. The molecule has 0 bridgehead atoms. The first-order valence-electron chi connectivity index (χ1n) is 9.11. The standard InChI is InChI=1S/C20H18Cl3N3O5/c21-15-3-1-14(2-4-15)12-29-9-10-30-19(17-6-5-16(22)11-18(17)23)20(31-26(27)28)25-8-7-24-13-25/h1-8,11,13,19-20H,9-10,12H2. The van der Waals surface area contributed by atoms with Crippen LogP contribution in [0.2, 0.25) is 15.1 Å². The molecule has 2 atom stereocenters. The third-order valence-electron chi connectivity index (χ3n) is 4.25. The van der Waals surface area contributed by atoms with Gasteiger partial charge in [-0.15, -0.1) is 10.1 Å². The van der Waals surface area contributed by atoms with Crippen molar-refractivity contribution in [3.8, 4) is 0 Å². The Balaban J connectivity index is 1.72. The van der Waals surface area contributed by atoms with E-state index in [0.29, 0.717) is 22.2 Å². The van der Waals surface area contributed by atoms with Crippen LogP contribution in [0.25, 0.3) is 0 Å². The molecule has 1 aromatic heterocycles. The minimum Gasteiger partial charge on any atom is -0.374 e. The van der Waals surface area contributed by atoms with Crippen molar-refractivity contribution in [2.45, 2.75) is 18.9 Å². The van der Waals surface area contributed by atoms with Gasteiger partial charge in [0.2, 0.25) is 6.23 Å². The van der Waals surface area contributed by atoms with Crippen molar-refractivity contribution in [2.75, 3.05) is 13.2 Å². The third kappa shape index (κ3) is 6.81. The van der Waals surface area contributed by atoms with Gasteiger partial charge in [0, 0.05) is 33.0 Å². The van der Waals surface area contributed by atoms with Gasteiger partial charge in [0.15, 0.2) is 0 Å². The summed E-state index contributed by atoms with van der Waals surface area (Å²) < 4.78 is 13.0. The number of halogens is 3. The summed E-state index contributed by atoms with van der Waals surface area (Å²) in [4.78, 5) is 20.0. The Morgan fingerprint density at radius 1 is 1.06 bits per heavy atom. The number of aromatic nitrogens is 2. The molecule has 0 radical (unpaired) electrons. The molecular formula is C20H18Cl3N3O5. The lowest BCUT2D eigenvalue weighted by atomic mass is 10.1. The van der Waals surface area contributed by atoms with Gasteiger partial charge in [0.1, 0.15) is 6.10 Å².